The number of rotatable bonds is 5. The van der Waals surface area contributed by atoms with Crippen LogP contribution >= 0.6 is 0 Å². The van der Waals surface area contributed by atoms with Gasteiger partial charge in [-0.05, 0) is 24.1 Å². The van der Waals surface area contributed by atoms with Gasteiger partial charge >= 0.3 is 5.97 Å². The van der Waals surface area contributed by atoms with Gasteiger partial charge in [0.15, 0.2) is 0 Å². The Hall–Kier alpha value is -3.81. The first kappa shape index (κ1) is 21.1. The van der Waals surface area contributed by atoms with Crippen LogP contribution in [-0.2, 0) is 17.9 Å². The number of aromatic nitrogens is 4. The van der Waals surface area contributed by atoms with Crippen molar-refractivity contribution in [2.75, 3.05) is 26.7 Å². The molecule has 0 aliphatic carbocycles. The van der Waals surface area contributed by atoms with E-state index in [-0.39, 0.29) is 17.9 Å². The van der Waals surface area contributed by atoms with E-state index < -0.39 is 0 Å². The van der Waals surface area contributed by atoms with Crippen molar-refractivity contribution in [3.63, 3.8) is 0 Å². The second-order valence-electron chi connectivity index (χ2n) is 8.12. The number of carbonyl (C=O) groups excluding carboxylic acids is 1. The van der Waals surface area contributed by atoms with Gasteiger partial charge in [-0.1, -0.05) is 6.07 Å². The predicted octanol–water partition coefficient (Wildman–Crippen LogP) is 1.67. The number of esters is 1. The lowest BCUT2D eigenvalue weighted by atomic mass is 9.93. The Labute approximate surface area is 190 Å². The molecule has 1 fully saturated rings. The standard InChI is InChI=1S/C23H23N7O3/c1-14-17(3-4-18-19(14)13-33-22(18)31)20-12-29(6-5-25-20)10-15-8-26-23(27-9-15)30-11-16(7-24)21(28-30)32-2/h3-4,8-9,11,20,25H,5-6,10,12-13H2,1-2H3. The van der Waals surface area contributed by atoms with E-state index >= 15 is 0 Å². The first-order valence-electron chi connectivity index (χ1n) is 10.7. The Bertz CT molecular complexity index is 1250. The Morgan fingerprint density at radius 3 is 2.88 bits per heavy atom. The van der Waals surface area contributed by atoms with E-state index in [1.54, 1.807) is 18.6 Å². The van der Waals surface area contributed by atoms with Gasteiger partial charge in [0.1, 0.15) is 18.2 Å². The molecule has 1 atom stereocenters. The molecule has 0 radical (unpaired) electrons. The number of ether oxygens (including phenoxy) is 2. The average Bonchev–Trinajstić information content (AvgIpc) is 3.44. The number of nitrogens with zero attached hydrogens (tertiary/aromatic N) is 6. The molecule has 2 aliphatic rings. The van der Waals surface area contributed by atoms with Gasteiger partial charge in [-0.25, -0.2) is 19.4 Å². The molecule has 5 rings (SSSR count). The Balaban J connectivity index is 1.28. The summed E-state index contributed by atoms with van der Waals surface area (Å²) in [6.45, 7) is 5.73. The number of benzene rings is 1. The molecule has 3 aromatic rings. The van der Waals surface area contributed by atoms with Crippen LogP contribution in [0.4, 0.5) is 0 Å². The van der Waals surface area contributed by atoms with Crippen molar-refractivity contribution < 1.29 is 14.3 Å². The highest BCUT2D eigenvalue weighted by Crippen LogP contribution is 2.30. The Morgan fingerprint density at radius 1 is 1.33 bits per heavy atom. The van der Waals surface area contributed by atoms with Gasteiger partial charge in [-0.15, -0.1) is 5.10 Å². The minimum atomic E-state index is -0.237. The fraction of sp³-hybridized carbons (Fsp3) is 0.348. The molecule has 33 heavy (non-hydrogen) atoms. The molecule has 1 saturated heterocycles. The lowest BCUT2D eigenvalue weighted by Gasteiger charge is -2.34. The number of piperazine rings is 1. The van der Waals surface area contributed by atoms with Crippen LogP contribution in [0.3, 0.4) is 0 Å². The van der Waals surface area contributed by atoms with Crippen LogP contribution in [0.2, 0.25) is 0 Å². The Kier molecular flexibility index (Phi) is 5.50. The zero-order valence-electron chi connectivity index (χ0n) is 18.4. The second-order valence-corrected chi connectivity index (χ2v) is 8.12. The maximum atomic E-state index is 11.8. The average molecular weight is 445 g/mol. The molecule has 1 unspecified atom stereocenters. The molecule has 10 nitrogen and oxygen atoms in total. The quantitative estimate of drug-likeness (QED) is 0.585. The highest BCUT2D eigenvalue weighted by atomic mass is 16.5. The monoisotopic (exact) mass is 445 g/mol. The molecule has 1 N–H and O–H groups in total. The van der Waals surface area contributed by atoms with Crippen LogP contribution in [0.25, 0.3) is 5.95 Å². The highest BCUT2D eigenvalue weighted by Gasteiger charge is 2.28. The van der Waals surface area contributed by atoms with Crippen molar-refractivity contribution in [2.24, 2.45) is 0 Å². The molecular weight excluding hydrogens is 422 g/mol. The number of methoxy groups -OCH3 is 1. The SMILES string of the molecule is COc1nn(-c2ncc(CN3CCNC(c4ccc5c(c4C)COC5=O)C3)cn2)cc1C#N. The van der Waals surface area contributed by atoms with Gasteiger partial charge in [0, 0.05) is 55.7 Å². The maximum Gasteiger partial charge on any atom is 0.338 e. The van der Waals surface area contributed by atoms with Crippen molar-refractivity contribution >= 4 is 5.97 Å². The normalized spacial score (nSPS) is 18.0. The molecule has 1 aromatic carbocycles. The van der Waals surface area contributed by atoms with Crippen molar-refractivity contribution in [3.05, 3.63) is 64.1 Å². The van der Waals surface area contributed by atoms with Gasteiger partial charge in [-0.3, -0.25) is 4.90 Å². The zero-order valence-corrected chi connectivity index (χ0v) is 18.4. The highest BCUT2D eigenvalue weighted by molar-refractivity contribution is 5.94. The number of hydrogen-bond acceptors (Lipinski definition) is 9. The summed E-state index contributed by atoms with van der Waals surface area (Å²) in [7, 11) is 1.47. The smallest absolute Gasteiger partial charge is 0.338 e. The second kappa shape index (κ2) is 8.61. The number of carbonyl (C=O) groups is 1. The van der Waals surface area contributed by atoms with E-state index in [0.29, 0.717) is 23.7 Å². The van der Waals surface area contributed by atoms with E-state index in [9.17, 15) is 4.79 Å². The summed E-state index contributed by atoms with van der Waals surface area (Å²) >= 11 is 0. The fourth-order valence-electron chi connectivity index (χ4n) is 4.40. The molecule has 2 aliphatic heterocycles. The predicted molar refractivity (Wildman–Crippen MR) is 117 cm³/mol. The number of cyclic esters (lactones) is 1. The molecule has 0 saturated carbocycles. The minimum Gasteiger partial charge on any atom is -0.479 e. The maximum absolute atomic E-state index is 11.8. The number of hydrogen-bond donors (Lipinski definition) is 1. The van der Waals surface area contributed by atoms with Crippen LogP contribution in [0.15, 0.2) is 30.7 Å². The molecule has 0 bridgehead atoms. The lowest BCUT2D eigenvalue weighted by molar-refractivity contribution is 0.0535. The molecular formula is C23H23N7O3. The van der Waals surface area contributed by atoms with Crippen molar-refractivity contribution in [1.82, 2.24) is 30.0 Å². The summed E-state index contributed by atoms with van der Waals surface area (Å²) in [6.07, 6.45) is 5.11. The number of nitriles is 1. The molecule has 10 heteroatoms. The van der Waals surface area contributed by atoms with E-state index in [0.717, 1.165) is 42.9 Å². The van der Waals surface area contributed by atoms with Crippen LogP contribution in [-0.4, -0.2) is 57.4 Å². The van der Waals surface area contributed by atoms with Gasteiger partial charge in [0.05, 0.1) is 18.9 Å². The van der Waals surface area contributed by atoms with Crippen molar-refractivity contribution in [1.29, 1.82) is 5.26 Å². The largest absolute Gasteiger partial charge is 0.479 e. The number of nitrogens with one attached hydrogen (secondary N) is 1. The van der Waals surface area contributed by atoms with Gasteiger partial charge < -0.3 is 14.8 Å². The summed E-state index contributed by atoms with van der Waals surface area (Å²) < 4.78 is 11.7. The van der Waals surface area contributed by atoms with Crippen molar-refractivity contribution in [3.8, 4) is 17.9 Å². The van der Waals surface area contributed by atoms with Crippen LogP contribution in [0.5, 0.6) is 5.88 Å². The van der Waals surface area contributed by atoms with Gasteiger partial charge in [0.2, 0.25) is 0 Å². The van der Waals surface area contributed by atoms with Crippen LogP contribution < -0.4 is 10.1 Å². The topological polar surface area (TPSA) is 118 Å². The van der Waals surface area contributed by atoms with Crippen LogP contribution in [0.1, 0.15) is 44.2 Å². The zero-order chi connectivity index (χ0) is 22.9. The summed E-state index contributed by atoms with van der Waals surface area (Å²) in [5.74, 6) is 0.385. The summed E-state index contributed by atoms with van der Waals surface area (Å²) in [5.41, 5.74) is 5.31. The fourth-order valence-corrected chi connectivity index (χ4v) is 4.40. The van der Waals surface area contributed by atoms with Gasteiger partial charge in [-0.2, -0.15) is 5.26 Å². The molecule has 168 valence electrons. The van der Waals surface area contributed by atoms with E-state index in [1.807, 2.05) is 18.2 Å². The molecule has 4 heterocycles. The summed E-state index contributed by atoms with van der Waals surface area (Å²) in [6, 6.07) is 6.12. The molecule has 0 spiro atoms. The molecule has 2 aromatic heterocycles. The third-order valence-electron chi connectivity index (χ3n) is 6.14. The lowest BCUT2D eigenvalue weighted by Crippen LogP contribution is -2.45. The summed E-state index contributed by atoms with van der Waals surface area (Å²) in [5, 5.41) is 16.9. The van der Waals surface area contributed by atoms with E-state index in [4.69, 9.17) is 14.7 Å². The third-order valence-corrected chi connectivity index (χ3v) is 6.14. The third kappa shape index (κ3) is 3.92. The summed E-state index contributed by atoms with van der Waals surface area (Å²) in [4.78, 5) is 23.0. The van der Waals surface area contributed by atoms with Gasteiger partial charge in [0.25, 0.3) is 11.8 Å². The van der Waals surface area contributed by atoms with E-state index in [1.165, 1.54) is 17.4 Å². The van der Waals surface area contributed by atoms with E-state index in [2.05, 4.69) is 32.2 Å². The van der Waals surface area contributed by atoms with Crippen molar-refractivity contribution in [2.45, 2.75) is 26.1 Å². The molecule has 0 amide bonds. The number of fused-ring (bicyclic) bond motifs is 1. The Morgan fingerprint density at radius 2 is 2.15 bits per heavy atom. The minimum absolute atomic E-state index is 0.167. The van der Waals surface area contributed by atoms with Crippen LogP contribution in [0, 0.1) is 18.3 Å². The first-order chi connectivity index (χ1) is 16.1. The first-order valence-corrected chi connectivity index (χ1v) is 10.7.